The first kappa shape index (κ1) is 19.4. The van der Waals surface area contributed by atoms with Crippen LogP contribution in [0.1, 0.15) is 39.2 Å². The van der Waals surface area contributed by atoms with Crippen molar-refractivity contribution in [3.05, 3.63) is 23.8 Å². The van der Waals surface area contributed by atoms with Crippen LogP contribution in [0.25, 0.3) is 0 Å². The van der Waals surface area contributed by atoms with Crippen molar-refractivity contribution in [1.82, 2.24) is 4.90 Å². The first-order valence-electron chi connectivity index (χ1n) is 9.15. The number of hydrogen-bond donors (Lipinski definition) is 1. The van der Waals surface area contributed by atoms with Crippen molar-refractivity contribution in [2.75, 3.05) is 43.9 Å². The van der Waals surface area contributed by atoms with E-state index in [9.17, 15) is 4.79 Å². The summed E-state index contributed by atoms with van der Waals surface area (Å²) in [4.78, 5) is 16.1. The Balaban J connectivity index is 1.80. The lowest BCUT2D eigenvalue weighted by molar-refractivity contribution is 0.0188. The molecular formula is C20H33N3O2. The Morgan fingerprint density at radius 3 is 2.44 bits per heavy atom. The fourth-order valence-electron chi connectivity index (χ4n) is 3.02. The van der Waals surface area contributed by atoms with Crippen molar-refractivity contribution in [2.24, 2.45) is 5.92 Å². The van der Waals surface area contributed by atoms with E-state index in [2.05, 4.69) is 49.4 Å². The molecule has 5 nitrogen and oxygen atoms in total. The largest absolute Gasteiger partial charge is 0.444 e. The molecule has 1 aliphatic rings. The first-order valence-corrected chi connectivity index (χ1v) is 9.15. The molecule has 0 saturated carbocycles. The molecule has 0 atom stereocenters. The van der Waals surface area contributed by atoms with E-state index in [1.807, 2.05) is 25.7 Å². The highest BCUT2D eigenvalue weighted by molar-refractivity contribution is 5.68. The number of carbonyl (C=O) groups is 1. The lowest BCUT2D eigenvalue weighted by Crippen LogP contribution is -2.42. The number of benzene rings is 1. The van der Waals surface area contributed by atoms with E-state index in [1.165, 1.54) is 16.9 Å². The summed E-state index contributed by atoms with van der Waals surface area (Å²) < 4.78 is 5.46. The fraction of sp³-hybridized carbons (Fsp3) is 0.650. The average Bonchev–Trinajstić information content (AvgIpc) is 2.52. The van der Waals surface area contributed by atoms with Gasteiger partial charge in [0.2, 0.25) is 0 Å². The zero-order valence-electron chi connectivity index (χ0n) is 16.6. The molecule has 0 aliphatic carbocycles. The maximum atomic E-state index is 12.1. The number of aryl methyl sites for hydroxylation is 1. The monoisotopic (exact) mass is 347 g/mol. The van der Waals surface area contributed by atoms with Gasteiger partial charge in [-0.15, -0.1) is 0 Å². The molecule has 0 radical (unpaired) electrons. The molecule has 0 aromatic heterocycles. The Bertz CT molecular complexity index is 585. The van der Waals surface area contributed by atoms with E-state index in [4.69, 9.17) is 4.74 Å². The fourth-order valence-corrected chi connectivity index (χ4v) is 3.02. The molecule has 1 saturated heterocycles. The van der Waals surface area contributed by atoms with Crippen molar-refractivity contribution >= 4 is 17.5 Å². The summed E-state index contributed by atoms with van der Waals surface area (Å²) in [5, 5.41) is 3.58. The van der Waals surface area contributed by atoms with Gasteiger partial charge in [0.25, 0.3) is 0 Å². The second-order valence-electron chi connectivity index (χ2n) is 8.19. The Morgan fingerprint density at radius 2 is 1.92 bits per heavy atom. The van der Waals surface area contributed by atoms with E-state index >= 15 is 0 Å². The van der Waals surface area contributed by atoms with Crippen molar-refractivity contribution in [3.8, 4) is 0 Å². The average molecular weight is 348 g/mol. The molecule has 1 amide bonds. The van der Waals surface area contributed by atoms with Gasteiger partial charge in [0.1, 0.15) is 5.60 Å². The zero-order chi connectivity index (χ0) is 18.6. The third-order valence-electron chi connectivity index (χ3n) is 4.57. The van der Waals surface area contributed by atoms with Crippen LogP contribution < -0.4 is 10.2 Å². The minimum absolute atomic E-state index is 0.186. The molecule has 0 bridgehead atoms. The van der Waals surface area contributed by atoms with Gasteiger partial charge in [-0.3, -0.25) is 0 Å². The third kappa shape index (κ3) is 5.83. The third-order valence-corrected chi connectivity index (χ3v) is 4.57. The molecule has 1 N–H and O–H groups in total. The normalized spacial score (nSPS) is 15.8. The van der Waals surface area contributed by atoms with Crippen molar-refractivity contribution in [2.45, 2.75) is 46.1 Å². The summed E-state index contributed by atoms with van der Waals surface area (Å²) >= 11 is 0. The summed E-state index contributed by atoms with van der Waals surface area (Å²) in [5.41, 5.74) is 3.25. The predicted molar refractivity (Wildman–Crippen MR) is 105 cm³/mol. The summed E-state index contributed by atoms with van der Waals surface area (Å²) in [6.07, 6.45) is 1.84. The van der Waals surface area contributed by atoms with Gasteiger partial charge in [-0.1, -0.05) is 0 Å². The Labute approximate surface area is 152 Å². The highest BCUT2D eigenvalue weighted by Crippen LogP contribution is 2.24. The van der Waals surface area contributed by atoms with Crippen LogP contribution in [-0.2, 0) is 4.74 Å². The number of rotatable bonds is 4. The molecule has 1 aromatic rings. The van der Waals surface area contributed by atoms with Crippen LogP contribution in [0.15, 0.2) is 18.2 Å². The Kier molecular flexibility index (Phi) is 6.20. The molecule has 0 unspecified atom stereocenters. The van der Waals surface area contributed by atoms with Gasteiger partial charge in [0, 0.05) is 45.1 Å². The van der Waals surface area contributed by atoms with Crippen molar-refractivity contribution in [1.29, 1.82) is 0 Å². The molecular weight excluding hydrogens is 314 g/mol. The van der Waals surface area contributed by atoms with Crippen molar-refractivity contribution in [3.63, 3.8) is 0 Å². The van der Waals surface area contributed by atoms with Crippen LogP contribution >= 0.6 is 0 Å². The minimum atomic E-state index is -0.425. The predicted octanol–water partition coefficient (Wildman–Crippen LogP) is 4.12. The van der Waals surface area contributed by atoms with E-state index in [0.717, 1.165) is 32.5 Å². The number of piperidine rings is 1. The molecule has 0 spiro atoms. The molecule has 140 valence electrons. The number of hydrogen-bond acceptors (Lipinski definition) is 4. The maximum Gasteiger partial charge on any atom is 0.410 e. The van der Waals surface area contributed by atoms with Gasteiger partial charge in [-0.25, -0.2) is 4.79 Å². The van der Waals surface area contributed by atoms with E-state index in [-0.39, 0.29) is 6.09 Å². The van der Waals surface area contributed by atoms with E-state index < -0.39 is 5.60 Å². The summed E-state index contributed by atoms with van der Waals surface area (Å²) in [5.74, 6) is 0.589. The molecule has 5 heteroatoms. The van der Waals surface area contributed by atoms with Crippen LogP contribution in [0.5, 0.6) is 0 Å². The minimum Gasteiger partial charge on any atom is -0.444 e. The molecule has 2 rings (SSSR count). The maximum absolute atomic E-state index is 12.1. The molecule has 1 heterocycles. The number of anilines is 2. The standard InChI is InChI=1S/C20H33N3O2/c1-15-13-17(22(5)6)7-8-18(15)21-14-16-9-11-23(12-10-16)19(24)25-20(2,3)4/h7-8,13,16,21H,9-12,14H2,1-6H3. The molecule has 1 fully saturated rings. The van der Waals surface area contributed by atoms with Crippen LogP contribution in [0, 0.1) is 12.8 Å². The Morgan fingerprint density at radius 1 is 1.28 bits per heavy atom. The van der Waals surface area contributed by atoms with Crippen LogP contribution in [0.4, 0.5) is 16.2 Å². The van der Waals surface area contributed by atoms with Gasteiger partial charge in [-0.05, 0) is 70.2 Å². The number of likely N-dealkylation sites (tertiary alicyclic amines) is 1. The van der Waals surface area contributed by atoms with E-state index in [0.29, 0.717) is 5.92 Å². The van der Waals surface area contributed by atoms with Gasteiger partial charge < -0.3 is 19.9 Å². The highest BCUT2D eigenvalue weighted by Gasteiger charge is 2.26. The number of nitrogens with one attached hydrogen (secondary N) is 1. The molecule has 25 heavy (non-hydrogen) atoms. The van der Waals surface area contributed by atoms with Gasteiger partial charge in [0.15, 0.2) is 0 Å². The number of nitrogens with zero attached hydrogens (tertiary/aromatic N) is 2. The number of carbonyl (C=O) groups excluding carboxylic acids is 1. The van der Waals surface area contributed by atoms with Crippen molar-refractivity contribution < 1.29 is 9.53 Å². The second kappa shape index (κ2) is 7.98. The van der Waals surface area contributed by atoms with E-state index in [1.54, 1.807) is 0 Å². The Hall–Kier alpha value is -1.91. The topological polar surface area (TPSA) is 44.8 Å². The summed E-state index contributed by atoms with van der Waals surface area (Å²) in [6, 6.07) is 6.49. The quantitative estimate of drug-likeness (QED) is 0.890. The van der Waals surface area contributed by atoms with Gasteiger partial charge in [0.05, 0.1) is 0 Å². The second-order valence-corrected chi connectivity index (χ2v) is 8.19. The molecule has 1 aromatic carbocycles. The highest BCUT2D eigenvalue weighted by atomic mass is 16.6. The summed E-state index contributed by atoms with van der Waals surface area (Å²) in [7, 11) is 4.11. The van der Waals surface area contributed by atoms with Gasteiger partial charge in [-0.2, -0.15) is 0 Å². The van der Waals surface area contributed by atoms with Gasteiger partial charge >= 0.3 is 6.09 Å². The lowest BCUT2D eigenvalue weighted by Gasteiger charge is -2.33. The molecule has 1 aliphatic heterocycles. The number of ether oxygens (including phenoxy) is 1. The SMILES string of the molecule is Cc1cc(N(C)C)ccc1NCC1CCN(C(=O)OC(C)(C)C)CC1. The smallest absolute Gasteiger partial charge is 0.410 e. The number of amides is 1. The zero-order valence-corrected chi connectivity index (χ0v) is 16.6. The van der Waals surface area contributed by atoms with Crippen LogP contribution in [-0.4, -0.2) is 50.3 Å². The van der Waals surface area contributed by atoms with Crippen LogP contribution in [0.2, 0.25) is 0 Å². The summed E-state index contributed by atoms with van der Waals surface area (Å²) in [6.45, 7) is 10.4. The first-order chi connectivity index (χ1) is 11.7. The lowest BCUT2D eigenvalue weighted by atomic mass is 9.97. The van der Waals surface area contributed by atoms with Crippen LogP contribution in [0.3, 0.4) is 0 Å².